The monoisotopic (exact) mass is 305 g/mol. The summed E-state index contributed by atoms with van der Waals surface area (Å²) in [6, 6.07) is 10.9. The summed E-state index contributed by atoms with van der Waals surface area (Å²) in [5, 5.41) is 0. The first kappa shape index (κ1) is 15.4. The lowest BCUT2D eigenvalue weighted by Gasteiger charge is -2.39. The van der Waals surface area contributed by atoms with Crippen molar-refractivity contribution in [2.24, 2.45) is 5.92 Å². The van der Waals surface area contributed by atoms with Crippen LogP contribution in [-0.2, 0) is 9.67 Å². The van der Waals surface area contributed by atoms with Crippen molar-refractivity contribution in [2.75, 3.05) is 26.4 Å². The van der Waals surface area contributed by atoms with Crippen molar-refractivity contribution in [2.45, 2.75) is 43.1 Å². The number of hydrogen-bond donors (Lipinski definition) is 0. The Morgan fingerprint density at radius 1 is 1.14 bits per heavy atom. The van der Waals surface area contributed by atoms with Crippen molar-refractivity contribution >= 4 is 11.8 Å². The number of nitrogens with zero attached hydrogens (tertiary/aromatic N) is 1. The lowest BCUT2D eigenvalue weighted by atomic mass is 9.82. The average Bonchev–Trinajstić information content (AvgIpc) is 2.93. The van der Waals surface area contributed by atoms with Crippen LogP contribution in [0.15, 0.2) is 30.3 Å². The van der Waals surface area contributed by atoms with E-state index < -0.39 is 0 Å². The molecule has 1 aliphatic carbocycles. The zero-order chi connectivity index (χ0) is 14.7. The van der Waals surface area contributed by atoms with Crippen LogP contribution in [0.1, 0.15) is 37.7 Å². The van der Waals surface area contributed by atoms with Crippen LogP contribution in [0, 0.1) is 5.92 Å². The third kappa shape index (κ3) is 3.30. The Bertz CT molecular complexity index is 444. The summed E-state index contributed by atoms with van der Waals surface area (Å²) in [6.45, 7) is 1.02. The highest BCUT2D eigenvalue weighted by Crippen LogP contribution is 2.54. The molecule has 1 heterocycles. The van der Waals surface area contributed by atoms with E-state index in [0.717, 1.165) is 12.3 Å². The standard InChI is InChI=1S/C18H27NOS/c1-19(2)13-17-14-21-18(20-17,15-9-5-3-6-10-15)16-11-7-4-8-12-16/h3,5-6,9-10,16-17H,4,7-8,11-14H2,1-2H3/t17-,18+/m1/s1. The van der Waals surface area contributed by atoms with Crippen molar-refractivity contribution in [1.29, 1.82) is 0 Å². The van der Waals surface area contributed by atoms with Crippen molar-refractivity contribution in [3.05, 3.63) is 35.9 Å². The summed E-state index contributed by atoms with van der Waals surface area (Å²) >= 11 is 2.05. The van der Waals surface area contributed by atoms with Gasteiger partial charge in [0, 0.05) is 18.2 Å². The second-order valence-electron chi connectivity index (χ2n) is 6.68. The van der Waals surface area contributed by atoms with E-state index in [0.29, 0.717) is 12.0 Å². The third-order valence-electron chi connectivity index (χ3n) is 4.71. The molecule has 1 aromatic carbocycles. The molecule has 2 atom stereocenters. The summed E-state index contributed by atoms with van der Waals surface area (Å²) in [7, 11) is 4.27. The van der Waals surface area contributed by atoms with E-state index in [1.54, 1.807) is 0 Å². The number of rotatable bonds is 4. The SMILES string of the molecule is CN(C)C[C@@H]1CS[C@@](c2ccccc2)(C2CCCCC2)O1. The maximum atomic E-state index is 6.71. The van der Waals surface area contributed by atoms with Gasteiger partial charge in [-0.15, -0.1) is 11.8 Å². The number of ether oxygens (including phenoxy) is 1. The lowest BCUT2D eigenvalue weighted by molar-refractivity contribution is -0.0620. The van der Waals surface area contributed by atoms with E-state index in [1.807, 2.05) is 0 Å². The van der Waals surface area contributed by atoms with Gasteiger partial charge in [-0.2, -0.15) is 0 Å². The first-order valence-electron chi connectivity index (χ1n) is 8.23. The Labute approximate surface area is 133 Å². The summed E-state index contributed by atoms with van der Waals surface area (Å²) in [4.78, 5) is 2.15. The van der Waals surface area contributed by atoms with Crippen LogP contribution < -0.4 is 0 Å². The molecule has 1 aromatic rings. The molecule has 0 aromatic heterocycles. The van der Waals surface area contributed by atoms with E-state index in [9.17, 15) is 0 Å². The minimum Gasteiger partial charge on any atom is -0.354 e. The van der Waals surface area contributed by atoms with Crippen molar-refractivity contribution < 1.29 is 4.74 Å². The number of benzene rings is 1. The van der Waals surface area contributed by atoms with Gasteiger partial charge >= 0.3 is 0 Å². The molecule has 0 N–H and O–H groups in total. The lowest BCUT2D eigenvalue weighted by Crippen LogP contribution is -2.37. The molecule has 2 nitrogen and oxygen atoms in total. The predicted molar refractivity (Wildman–Crippen MR) is 90.6 cm³/mol. The van der Waals surface area contributed by atoms with Crippen molar-refractivity contribution in [3.63, 3.8) is 0 Å². The van der Waals surface area contributed by atoms with E-state index in [2.05, 4.69) is 61.1 Å². The Kier molecular flexibility index (Phi) is 4.92. The fourth-order valence-corrected chi connectivity index (χ4v) is 5.37. The second kappa shape index (κ2) is 6.72. The molecule has 0 unspecified atom stereocenters. The van der Waals surface area contributed by atoms with Gasteiger partial charge in [-0.1, -0.05) is 49.6 Å². The van der Waals surface area contributed by atoms with Gasteiger partial charge in [-0.25, -0.2) is 0 Å². The van der Waals surface area contributed by atoms with Gasteiger partial charge in [-0.3, -0.25) is 0 Å². The number of thioether (sulfide) groups is 1. The van der Waals surface area contributed by atoms with Gasteiger partial charge < -0.3 is 9.64 Å². The van der Waals surface area contributed by atoms with E-state index >= 15 is 0 Å². The van der Waals surface area contributed by atoms with Gasteiger partial charge in [0.2, 0.25) is 0 Å². The summed E-state index contributed by atoms with van der Waals surface area (Å²) in [5.41, 5.74) is 1.38. The smallest absolute Gasteiger partial charge is 0.142 e. The molecular weight excluding hydrogens is 278 g/mol. The normalized spacial score (nSPS) is 30.9. The highest BCUT2D eigenvalue weighted by atomic mass is 32.2. The third-order valence-corrected chi connectivity index (χ3v) is 6.35. The topological polar surface area (TPSA) is 12.5 Å². The fourth-order valence-electron chi connectivity index (χ4n) is 3.78. The van der Waals surface area contributed by atoms with Crippen LogP contribution in [0.4, 0.5) is 0 Å². The molecule has 0 bridgehead atoms. The van der Waals surface area contributed by atoms with E-state index in [4.69, 9.17) is 4.74 Å². The molecule has 21 heavy (non-hydrogen) atoms. The molecule has 2 fully saturated rings. The molecule has 1 aliphatic heterocycles. The number of likely N-dealkylation sites (N-methyl/N-ethyl adjacent to an activating group) is 1. The van der Waals surface area contributed by atoms with Gasteiger partial charge in [0.1, 0.15) is 4.93 Å². The molecule has 3 rings (SSSR count). The minimum atomic E-state index is -0.0949. The Balaban J connectivity index is 1.85. The molecule has 0 radical (unpaired) electrons. The summed E-state index contributed by atoms with van der Waals surface area (Å²) < 4.78 is 6.71. The first-order valence-corrected chi connectivity index (χ1v) is 9.21. The van der Waals surface area contributed by atoms with Gasteiger partial charge in [-0.05, 0) is 32.5 Å². The molecule has 2 aliphatic rings. The van der Waals surface area contributed by atoms with E-state index in [1.165, 1.54) is 37.7 Å². The summed E-state index contributed by atoms with van der Waals surface area (Å²) in [6.07, 6.45) is 7.11. The average molecular weight is 305 g/mol. The fraction of sp³-hybridized carbons (Fsp3) is 0.667. The highest BCUT2D eigenvalue weighted by molar-refractivity contribution is 8.00. The quantitative estimate of drug-likeness (QED) is 0.830. The molecule has 3 heteroatoms. The van der Waals surface area contributed by atoms with Crippen LogP contribution in [-0.4, -0.2) is 37.4 Å². The zero-order valence-corrected chi connectivity index (χ0v) is 14.1. The van der Waals surface area contributed by atoms with Gasteiger partial charge in [0.25, 0.3) is 0 Å². The minimum absolute atomic E-state index is 0.0949. The van der Waals surface area contributed by atoms with Gasteiger partial charge in [0.15, 0.2) is 0 Å². The number of hydrogen-bond acceptors (Lipinski definition) is 3. The van der Waals surface area contributed by atoms with Crippen LogP contribution in [0.5, 0.6) is 0 Å². The van der Waals surface area contributed by atoms with Crippen LogP contribution in [0.2, 0.25) is 0 Å². The van der Waals surface area contributed by atoms with Crippen molar-refractivity contribution in [1.82, 2.24) is 4.90 Å². The van der Waals surface area contributed by atoms with Gasteiger partial charge in [0.05, 0.1) is 6.10 Å². The zero-order valence-electron chi connectivity index (χ0n) is 13.3. The second-order valence-corrected chi connectivity index (χ2v) is 7.91. The van der Waals surface area contributed by atoms with Crippen LogP contribution >= 0.6 is 11.8 Å². The maximum absolute atomic E-state index is 6.71. The predicted octanol–water partition coefficient (Wildman–Crippen LogP) is 4.11. The van der Waals surface area contributed by atoms with Crippen molar-refractivity contribution in [3.8, 4) is 0 Å². The van der Waals surface area contributed by atoms with Crippen LogP contribution in [0.25, 0.3) is 0 Å². The van der Waals surface area contributed by atoms with Crippen LogP contribution in [0.3, 0.4) is 0 Å². The molecule has 116 valence electrons. The molecule has 1 saturated heterocycles. The molecule has 0 spiro atoms. The first-order chi connectivity index (χ1) is 10.2. The largest absolute Gasteiger partial charge is 0.354 e. The molecular formula is C18H27NOS. The maximum Gasteiger partial charge on any atom is 0.142 e. The highest BCUT2D eigenvalue weighted by Gasteiger charge is 2.48. The van der Waals surface area contributed by atoms with E-state index in [-0.39, 0.29) is 4.93 Å². The Morgan fingerprint density at radius 3 is 2.52 bits per heavy atom. The summed E-state index contributed by atoms with van der Waals surface area (Å²) in [5.74, 6) is 1.79. The molecule has 1 saturated carbocycles. The Hall–Kier alpha value is -0.510. The Morgan fingerprint density at radius 2 is 1.86 bits per heavy atom. The molecule has 0 amide bonds.